The Balaban J connectivity index is 0.662. The Morgan fingerprint density at radius 2 is 1.62 bits per heavy atom. The number of allylic oxidation sites excluding steroid dienone is 1. The fourth-order valence-electron chi connectivity index (χ4n) is 15.0. The molecular weight excluding hydrogens is 927 g/mol. The van der Waals surface area contributed by atoms with Gasteiger partial charge in [-0.1, -0.05) is 97.9 Å². The largest absolute Gasteiger partial charge is 0.446 e. The van der Waals surface area contributed by atoms with E-state index in [4.69, 9.17) is 29.9 Å². The second-order valence-corrected chi connectivity index (χ2v) is 25.2. The lowest BCUT2D eigenvalue weighted by Gasteiger charge is -2.58. The molecule has 13 nitrogen and oxygen atoms in total. The Morgan fingerprint density at radius 3 is 2.35 bits per heavy atom. The molecule has 74 heavy (non-hydrogen) atoms. The van der Waals surface area contributed by atoms with Crippen molar-refractivity contribution in [3.8, 4) is 0 Å². The molecule has 2 aromatic heterocycles. The highest BCUT2D eigenvalue weighted by molar-refractivity contribution is 6.06. The Bertz CT molecular complexity index is 2310. The fraction of sp³-hybridized carbons (Fsp3) is 0.787. The van der Waals surface area contributed by atoms with Gasteiger partial charge in [-0.25, -0.2) is 14.8 Å². The van der Waals surface area contributed by atoms with Crippen LogP contribution in [-0.4, -0.2) is 132 Å². The quantitative estimate of drug-likeness (QED) is 0.0425. The standard InChI is InChI=1S/C61H99N7O6/c1-8-9-16-54-65-55-56(68(54)40-59(5,41-69)42-70)49-19-17-45(38-53(49)64-57(55)62)15-11-28-66-30-32-67(33-31-66)29-12-34-72-36-37-73-35-27-63-58(71)74-47-23-25-60(6)46(39-47)18-20-48-51-22-21-50(44(4)14-10-13-43(2)3)61(51,7)26-24-52(48)60/h17-19,38,43-44,47-48,50-52,69-70H,8-16,20-37,39-42H2,1-7H3,(H2,62,64)(H,63,71)/t44-,47+,48+,50-,51+,52+,60+,61-/m1/s1. The number of nitrogen functional groups attached to an aromatic ring is 1. The minimum atomic E-state index is -0.684. The predicted octanol–water partition coefficient (Wildman–Crippen LogP) is 10.6. The third kappa shape index (κ3) is 13.3. The number of alkyl carbamates (subject to hydrolysis) is 1. The van der Waals surface area contributed by atoms with Gasteiger partial charge in [-0.05, 0) is 135 Å². The number of nitrogens with one attached hydrogen (secondary N) is 1. The summed E-state index contributed by atoms with van der Waals surface area (Å²) in [5.41, 5.74) is 11.9. The van der Waals surface area contributed by atoms with Crippen molar-refractivity contribution in [3.05, 3.63) is 41.2 Å². The van der Waals surface area contributed by atoms with E-state index in [1.807, 2.05) is 6.92 Å². The minimum Gasteiger partial charge on any atom is -0.446 e. The number of piperazine rings is 1. The zero-order valence-corrected chi connectivity index (χ0v) is 47.1. The van der Waals surface area contributed by atoms with Gasteiger partial charge in [0.05, 0.1) is 44.1 Å². The van der Waals surface area contributed by atoms with Gasteiger partial charge >= 0.3 is 6.09 Å². The van der Waals surface area contributed by atoms with Crippen molar-refractivity contribution in [2.45, 2.75) is 170 Å². The number of aryl methyl sites for hydroxylation is 2. The van der Waals surface area contributed by atoms with E-state index in [1.165, 1.54) is 56.9 Å². The number of rotatable bonds is 27. The van der Waals surface area contributed by atoms with Crippen LogP contribution in [0, 0.1) is 51.8 Å². The summed E-state index contributed by atoms with van der Waals surface area (Å²) in [5.74, 6) is 6.34. The zero-order chi connectivity index (χ0) is 52.5. The van der Waals surface area contributed by atoms with Gasteiger partial charge < -0.3 is 49.8 Å². The zero-order valence-electron chi connectivity index (χ0n) is 47.1. The number of imidazole rings is 1. The van der Waals surface area contributed by atoms with Crippen molar-refractivity contribution < 1.29 is 29.2 Å². The van der Waals surface area contributed by atoms with E-state index in [0.717, 1.165) is 161 Å². The maximum atomic E-state index is 12.9. The number of ether oxygens (including phenoxy) is 3. The monoisotopic (exact) mass is 1030 g/mol. The smallest absolute Gasteiger partial charge is 0.407 e. The number of hydrogen-bond donors (Lipinski definition) is 4. The third-order valence-corrected chi connectivity index (χ3v) is 19.5. The first-order valence-electron chi connectivity index (χ1n) is 29.7. The fourth-order valence-corrected chi connectivity index (χ4v) is 15.0. The molecule has 3 saturated carbocycles. The molecule has 0 bridgehead atoms. The van der Waals surface area contributed by atoms with Crippen LogP contribution in [-0.2, 0) is 33.6 Å². The molecule has 3 aromatic rings. The summed E-state index contributed by atoms with van der Waals surface area (Å²) in [6, 6.07) is 6.53. The van der Waals surface area contributed by atoms with Crippen molar-refractivity contribution in [2.24, 2.45) is 51.8 Å². The van der Waals surface area contributed by atoms with Crippen LogP contribution in [0.25, 0.3) is 21.9 Å². The summed E-state index contributed by atoms with van der Waals surface area (Å²) in [7, 11) is 0. The Kier molecular flexibility index (Phi) is 19.9. The summed E-state index contributed by atoms with van der Waals surface area (Å²) in [6.45, 7) is 25.9. The molecule has 414 valence electrons. The van der Waals surface area contributed by atoms with Crippen LogP contribution in [0.5, 0.6) is 0 Å². The molecule has 0 radical (unpaired) electrons. The number of unbranched alkanes of at least 4 members (excludes halogenated alkanes) is 1. The highest BCUT2D eigenvalue weighted by Crippen LogP contribution is 2.67. The lowest BCUT2D eigenvalue weighted by molar-refractivity contribution is -0.0581. The van der Waals surface area contributed by atoms with Gasteiger partial charge in [-0.3, -0.25) is 0 Å². The Hall–Kier alpha value is -3.33. The van der Waals surface area contributed by atoms with Gasteiger partial charge in [-0.2, -0.15) is 0 Å². The highest BCUT2D eigenvalue weighted by Gasteiger charge is 2.59. The number of fused-ring (bicyclic) bond motifs is 8. The number of anilines is 1. The number of benzene rings is 1. The van der Waals surface area contributed by atoms with Gasteiger partial charge in [0.1, 0.15) is 17.4 Å². The number of hydrogen-bond acceptors (Lipinski definition) is 11. The van der Waals surface area contributed by atoms with Crippen LogP contribution in [0.4, 0.5) is 10.6 Å². The molecule has 8 atom stereocenters. The Labute approximate surface area is 445 Å². The first-order valence-corrected chi connectivity index (χ1v) is 29.7. The van der Waals surface area contributed by atoms with Gasteiger partial charge in [0.15, 0.2) is 5.82 Å². The van der Waals surface area contributed by atoms with Crippen molar-refractivity contribution >= 4 is 33.8 Å². The van der Waals surface area contributed by atoms with Crippen LogP contribution >= 0.6 is 0 Å². The van der Waals surface area contributed by atoms with Crippen LogP contribution in [0.1, 0.15) is 156 Å². The molecule has 5 aliphatic rings. The van der Waals surface area contributed by atoms with E-state index in [2.05, 4.69) is 85.5 Å². The first kappa shape index (κ1) is 56.9. The number of aliphatic hydroxyl groups is 2. The maximum Gasteiger partial charge on any atom is 0.407 e. The summed E-state index contributed by atoms with van der Waals surface area (Å²) in [5, 5.41) is 24.2. The number of pyridine rings is 1. The molecule has 1 saturated heterocycles. The van der Waals surface area contributed by atoms with Crippen molar-refractivity contribution in [3.63, 3.8) is 0 Å². The van der Waals surface area contributed by atoms with Gasteiger partial charge in [0.2, 0.25) is 0 Å². The number of nitrogens with two attached hydrogens (primary N) is 1. The molecule has 1 aliphatic heterocycles. The molecule has 0 spiro atoms. The van der Waals surface area contributed by atoms with Gasteiger partial charge in [0.25, 0.3) is 0 Å². The van der Waals surface area contributed by atoms with E-state index in [0.29, 0.717) is 49.7 Å². The third-order valence-electron chi connectivity index (χ3n) is 19.5. The average Bonchev–Trinajstić information content (AvgIpc) is 3.96. The van der Waals surface area contributed by atoms with Crippen molar-refractivity contribution in [1.29, 1.82) is 0 Å². The molecule has 5 N–H and O–H groups in total. The molecule has 13 heteroatoms. The SMILES string of the molecule is CCCCc1nc2c(N)nc3cc(CCCN4CCN(CCCOCCOCCNC(=O)O[C@H]5CC[C@@]6(C)C(=CC[C@H]7[C@@H]8CC[C@H]([C@H](C)CCCC(C)C)[C@@]8(C)CC[C@@H]76)C5)CC4)ccc3c2n1CC(C)(CO)CO. The molecule has 3 heterocycles. The summed E-state index contributed by atoms with van der Waals surface area (Å²) in [4.78, 5) is 27.7. The topological polar surface area (TPSA) is 160 Å². The van der Waals surface area contributed by atoms with E-state index in [9.17, 15) is 15.0 Å². The molecule has 1 aromatic carbocycles. The molecule has 0 unspecified atom stereocenters. The maximum absolute atomic E-state index is 12.9. The molecular formula is C61H99N7O6. The predicted molar refractivity (Wildman–Crippen MR) is 299 cm³/mol. The summed E-state index contributed by atoms with van der Waals surface area (Å²) < 4.78 is 19.9. The van der Waals surface area contributed by atoms with E-state index in [1.54, 1.807) is 5.57 Å². The summed E-state index contributed by atoms with van der Waals surface area (Å²) >= 11 is 0. The van der Waals surface area contributed by atoms with Gasteiger partial charge in [0, 0.05) is 76.1 Å². The van der Waals surface area contributed by atoms with Crippen molar-refractivity contribution in [1.82, 2.24) is 29.7 Å². The normalized spacial score (nSPS) is 27.1. The summed E-state index contributed by atoms with van der Waals surface area (Å²) in [6.07, 6.45) is 22.1. The number of amides is 1. The molecule has 1 amide bonds. The van der Waals surface area contributed by atoms with E-state index >= 15 is 0 Å². The van der Waals surface area contributed by atoms with Gasteiger partial charge in [-0.15, -0.1) is 0 Å². The molecule has 4 aliphatic carbocycles. The highest BCUT2D eigenvalue weighted by atomic mass is 16.6. The van der Waals surface area contributed by atoms with Crippen LogP contribution in [0.3, 0.4) is 0 Å². The lowest BCUT2D eigenvalue weighted by atomic mass is 9.47. The molecule has 4 fully saturated rings. The first-order chi connectivity index (χ1) is 35.7. The average molecular weight is 1030 g/mol. The van der Waals surface area contributed by atoms with Crippen LogP contribution in [0.15, 0.2) is 29.8 Å². The number of aliphatic hydroxyl groups excluding tert-OH is 2. The Morgan fingerprint density at radius 1 is 0.878 bits per heavy atom. The second kappa shape index (κ2) is 25.9. The number of carbonyl (C=O) groups excluding carboxylic acids is 1. The van der Waals surface area contributed by atoms with Crippen molar-refractivity contribution in [2.75, 3.05) is 91.2 Å². The van der Waals surface area contributed by atoms with E-state index < -0.39 is 5.41 Å². The number of aromatic nitrogens is 3. The van der Waals surface area contributed by atoms with Crippen LogP contribution in [0.2, 0.25) is 0 Å². The lowest BCUT2D eigenvalue weighted by Crippen LogP contribution is -2.51. The van der Waals surface area contributed by atoms with Crippen LogP contribution < -0.4 is 11.1 Å². The second-order valence-electron chi connectivity index (χ2n) is 25.2. The molecule has 8 rings (SSSR count). The van der Waals surface area contributed by atoms with E-state index in [-0.39, 0.29) is 30.8 Å². The minimum absolute atomic E-state index is 0.0420. The number of nitrogens with zero attached hydrogens (tertiary/aromatic N) is 5. The number of carbonyl (C=O) groups is 1.